The summed E-state index contributed by atoms with van der Waals surface area (Å²) in [5.41, 5.74) is 0. The summed E-state index contributed by atoms with van der Waals surface area (Å²) in [4.78, 5) is 0. The molecule has 0 heterocycles. The van der Waals surface area contributed by atoms with E-state index in [0.29, 0.717) is 20.6 Å². The first-order chi connectivity index (χ1) is 21.2. The molecule has 0 fully saturated rings. The molecule has 0 saturated carbocycles. The molecule has 2 rings (SSSR count). The molecule has 0 saturated heterocycles. The normalized spacial score (nSPS) is 17.3. The second-order valence-corrected chi connectivity index (χ2v) is 35.1. The van der Waals surface area contributed by atoms with Gasteiger partial charge in [0.2, 0.25) is 0 Å². The first-order valence-electron chi connectivity index (χ1n) is 17.7. The van der Waals surface area contributed by atoms with E-state index in [1.807, 2.05) is 0 Å². The summed E-state index contributed by atoms with van der Waals surface area (Å²) in [7, 11) is -0.0684. The van der Waals surface area contributed by atoms with Crippen LogP contribution in [0.25, 0.3) is 0 Å². The van der Waals surface area contributed by atoms with Gasteiger partial charge in [0.25, 0.3) is 0 Å². The molecule has 262 valence electrons. The summed E-state index contributed by atoms with van der Waals surface area (Å²) < 4.78 is 0. The highest BCUT2D eigenvalue weighted by atomic mass is 31.1. The predicted octanol–water partition coefficient (Wildman–Crippen LogP) is 13.0. The number of hydrogen-bond donors (Lipinski definition) is 0. The Labute approximate surface area is 296 Å². The quantitative estimate of drug-likeness (QED) is 0.142. The summed E-state index contributed by atoms with van der Waals surface area (Å²) in [5.74, 6) is 0. The lowest BCUT2D eigenvalue weighted by molar-refractivity contribution is 0.775. The van der Waals surface area contributed by atoms with Crippen molar-refractivity contribution in [1.29, 1.82) is 0 Å². The predicted molar refractivity (Wildman–Crippen MR) is 233 cm³/mol. The molecule has 0 nitrogen and oxygen atoms in total. The van der Waals surface area contributed by atoms with Gasteiger partial charge in [-0.25, -0.2) is 0 Å². The maximum atomic E-state index is 2.55. The van der Waals surface area contributed by atoms with Crippen LogP contribution < -0.4 is 10.6 Å². The van der Waals surface area contributed by atoms with Crippen molar-refractivity contribution in [1.82, 2.24) is 0 Å². The Kier molecular flexibility index (Phi) is 18.4. The Balaban J connectivity index is 2.22. The molecular formula is C40H72P6. The van der Waals surface area contributed by atoms with Crippen LogP contribution in [0, 0.1) is 0 Å². The van der Waals surface area contributed by atoms with Crippen LogP contribution >= 0.6 is 47.5 Å². The molecular weight excluding hydrogens is 666 g/mol. The van der Waals surface area contributed by atoms with Crippen molar-refractivity contribution in [3.8, 4) is 0 Å². The lowest BCUT2D eigenvalue weighted by atomic mass is 10.3. The third-order valence-corrected chi connectivity index (χ3v) is 29.9. The van der Waals surface area contributed by atoms with E-state index in [1.165, 1.54) is 61.6 Å². The minimum absolute atomic E-state index is 0.0209. The lowest BCUT2D eigenvalue weighted by Crippen LogP contribution is -2.22. The number of rotatable bonds is 17. The molecule has 0 aromatic heterocycles. The molecule has 0 bridgehead atoms. The molecule has 0 radical (unpaired) electrons. The SMILES string of the molecule is CP(CCP(CCP(CCP(CCP(CCP(C)C(C)(C)C)C(C)(C)C)c1ccccc1)c1ccccc1)C(C)(C)C)C(C)(C)C. The molecule has 2 aromatic rings. The number of hydrogen-bond acceptors (Lipinski definition) is 0. The Morgan fingerprint density at radius 3 is 0.870 bits per heavy atom. The van der Waals surface area contributed by atoms with Crippen molar-refractivity contribution in [3.05, 3.63) is 60.7 Å². The maximum Gasteiger partial charge on any atom is -0.0179 e. The first-order valence-corrected chi connectivity index (χ1v) is 28.5. The van der Waals surface area contributed by atoms with Gasteiger partial charge < -0.3 is 0 Å². The zero-order chi connectivity index (χ0) is 34.8. The van der Waals surface area contributed by atoms with E-state index in [1.54, 1.807) is 10.6 Å². The highest BCUT2D eigenvalue weighted by Gasteiger charge is 2.30. The van der Waals surface area contributed by atoms with E-state index in [9.17, 15) is 0 Å². The molecule has 0 aliphatic rings. The van der Waals surface area contributed by atoms with Crippen LogP contribution in [0.1, 0.15) is 83.1 Å². The van der Waals surface area contributed by atoms with Crippen molar-refractivity contribution in [2.24, 2.45) is 0 Å². The Hall–Kier alpha value is 1.02. The molecule has 2 aromatic carbocycles. The molecule has 46 heavy (non-hydrogen) atoms. The van der Waals surface area contributed by atoms with Crippen LogP contribution in [-0.4, -0.2) is 95.6 Å². The van der Waals surface area contributed by atoms with Gasteiger partial charge in [0.05, 0.1) is 0 Å². The Morgan fingerprint density at radius 2 is 0.609 bits per heavy atom. The topological polar surface area (TPSA) is 0 Å². The molecule has 6 unspecified atom stereocenters. The standard InChI is InChI=1S/C40H72P6/c1-37(2,3)41(13)25-31-45(39(7,8)9)33-29-43(35-21-17-15-18-22-35)27-28-44(36-23-19-16-20-24-36)30-34-46(40(10,11)12)32-26-42(14)38(4,5)6/h15-24H,25-34H2,1-14H3. The molecule has 0 aliphatic heterocycles. The fourth-order valence-corrected chi connectivity index (χ4v) is 22.8. The van der Waals surface area contributed by atoms with Crippen LogP contribution in [0.15, 0.2) is 60.7 Å². The van der Waals surface area contributed by atoms with E-state index in [-0.39, 0.29) is 47.5 Å². The van der Waals surface area contributed by atoms with E-state index in [2.05, 4.69) is 157 Å². The van der Waals surface area contributed by atoms with E-state index in [4.69, 9.17) is 0 Å². The largest absolute Gasteiger partial charge is 0.104 e. The Bertz CT molecular complexity index is 1000. The summed E-state index contributed by atoms with van der Waals surface area (Å²) in [6.45, 7) is 35.0. The van der Waals surface area contributed by atoms with Gasteiger partial charge in [0, 0.05) is 0 Å². The highest BCUT2D eigenvalue weighted by molar-refractivity contribution is 7.71. The van der Waals surface area contributed by atoms with Crippen LogP contribution in [0.3, 0.4) is 0 Å². The molecule has 6 heteroatoms. The maximum absolute atomic E-state index is 2.55. The molecule has 6 atom stereocenters. The van der Waals surface area contributed by atoms with Gasteiger partial charge in [-0.1, -0.05) is 160 Å². The third kappa shape index (κ3) is 15.9. The van der Waals surface area contributed by atoms with Gasteiger partial charge in [-0.05, 0) is 106 Å². The minimum atomic E-state index is -0.138. The van der Waals surface area contributed by atoms with Gasteiger partial charge >= 0.3 is 0 Å². The van der Waals surface area contributed by atoms with Crippen molar-refractivity contribution in [3.63, 3.8) is 0 Å². The molecule has 0 aliphatic carbocycles. The third-order valence-electron chi connectivity index (χ3n) is 9.76. The van der Waals surface area contributed by atoms with Crippen molar-refractivity contribution in [2.45, 2.75) is 104 Å². The van der Waals surface area contributed by atoms with Crippen LogP contribution in [-0.2, 0) is 0 Å². The van der Waals surface area contributed by atoms with Crippen molar-refractivity contribution in [2.75, 3.05) is 74.9 Å². The van der Waals surface area contributed by atoms with Crippen LogP contribution in [0.2, 0.25) is 0 Å². The smallest absolute Gasteiger partial charge is 0.0179 e. The van der Waals surface area contributed by atoms with E-state index in [0.717, 1.165) is 0 Å². The van der Waals surface area contributed by atoms with Crippen LogP contribution in [0.5, 0.6) is 0 Å². The van der Waals surface area contributed by atoms with E-state index >= 15 is 0 Å². The van der Waals surface area contributed by atoms with Gasteiger partial charge in [-0.2, -0.15) is 0 Å². The Morgan fingerprint density at radius 1 is 0.348 bits per heavy atom. The van der Waals surface area contributed by atoms with Crippen molar-refractivity contribution >= 4 is 58.1 Å². The average molecular weight is 739 g/mol. The second-order valence-electron chi connectivity index (χ2n) is 17.1. The fraction of sp³-hybridized carbons (Fsp3) is 0.700. The second kappa shape index (κ2) is 19.6. The number of benzene rings is 2. The van der Waals surface area contributed by atoms with Gasteiger partial charge in [0.15, 0.2) is 0 Å². The summed E-state index contributed by atoms with van der Waals surface area (Å²) in [5, 5.41) is 5.11. The van der Waals surface area contributed by atoms with Gasteiger partial charge in [-0.3, -0.25) is 0 Å². The first kappa shape index (κ1) is 43.2. The molecule has 0 N–H and O–H groups in total. The summed E-state index contributed by atoms with van der Waals surface area (Å²) in [6, 6.07) is 23.4. The zero-order valence-corrected chi connectivity index (χ0v) is 37.9. The van der Waals surface area contributed by atoms with E-state index < -0.39 is 0 Å². The highest BCUT2D eigenvalue weighted by Crippen LogP contribution is 2.57. The monoisotopic (exact) mass is 738 g/mol. The van der Waals surface area contributed by atoms with Gasteiger partial charge in [0.1, 0.15) is 0 Å². The zero-order valence-electron chi connectivity index (χ0n) is 32.5. The minimum Gasteiger partial charge on any atom is -0.104 e. The fourth-order valence-electron chi connectivity index (χ4n) is 5.52. The van der Waals surface area contributed by atoms with Crippen molar-refractivity contribution < 1.29 is 0 Å². The lowest BCUT2D eigenvalue weighted by Gasteiger charge is -2.36. The van der Waals surface area contributed by atoms with Crippen LogP contribution in [0.4, 0.5) is 0 Å². The molecule has 0 amide bonds. The van der Waals surface area contributed by atoms with Gasteiger partial charge in [-0.15, -0.1) is 31.7 Å². The summed E-state index contributed by atoms with van der Waals surface area (Å²) in [6.07, 6.45) is 14.3. The average Bonchev–Trinajstić information content (AvgIpc) is 2.95. The molecule has 0 spiro atoms. The summed E-state index contributed by atoms with van der Waals surface area (Å²) >= 11 is 0.